The average Bonchev–Trinajstić information content (AvgIpc) is 3.29. The number of rotatable bonds is 3. The summed E-state index contributed by atoms with van der Waals surface area (Å²) in [7, 11) is 0. The Kier molecular flexibility index (Phi) is 3.76. The van der Waals surface area contributed by atoms with Crippen molar-refractivity contribution in [1.82, 2.24) is 4.90 Å². The largest absolute Gasteiger partial charge is 0.476 e. The van der Waals surface area contributed by atoms with Crippen molar-refractivity contribution in [1.29, 1.82) is 0 Å². The third-order valence-corrected chi connectivity index (χ3v) is 4.63. The first kappa shape index (κ1) is 14.3. The van der Waals surface area contributed by atoms with Gasteiger partial charge >= 0.3 is 0 Å². The second-order valence-corrected chi connectivity index (χ2v) is 6.36. The summed E-state index contributed by atoms with van der Waals surface area (Å²) in [4.78, 5) is 17.8. The lowest BCUT2D eigenvalue weighted by Gasteiger charge is -2.30. The molecule has 0 N–H and O–H groups in total. The van der Waals surface area contributed by atoms with Crippen LogP contribution in [-0.2, 0) is 9.53 Å². The quantitative estimate of drug-likeness (QED) is 0.806. The summed E-state index contributed by atoms with van der Waals surface area (Å²) < 4.78 is 5.48. The Morgan fingerprint density at radius 1 is 1.26 bits per heavy atom. The first-order chi connectivity index (χ1) is 11.3. The van der Waals surface area contributed by atoms with Crippen LogP contribution in [0.15, 0.2) is 40.5 Å². The molecule has 0 atom stereocenters. The van der Waals surface area contributed by atoms with E-state index in [-0.39, 0.29) is 0 Å². The van der Waals surface area contributed by atoms with Gasteiger partial charge in [-0.15, -0.1) is 0 Å². The maximum atomic E-state index is 11.2. The second-order valence-electron chi connectivity index (χ2n) is 6.36. The molecule has 3 aliphatic rings. The van der Waals surface area contributed by atoms with E-state index < -0.39 is 0 Å². The van der Waals surface area contributed by atoms with Gasteiger partial charge in [0.1, 0.15) is 18.2 Å². The van der Waals surface area contributed by atoms with Gasteiger partial charge in [0, 0.05) is 24.6 Å². The van der Waals surface area contributed by atoms with Crippen molar-refractivity contribution in [2.45, 2.75) is 31.7 Å². The molecule has 4 rings (SSSR count). The van der Waals surface area contributed by atoms with Crippen molar-refractivity contribution in [3.8, 4) is 0 Å². The lowest BCUT2D eigenvalue weighted by atomic mass is 9.98. The van der Waals surface area contributed by atoms with E-state index in [2.05, 4.69) is 34.0 Å². The molecule has 118 valence electrons. The molecule has 23 heavy (non-hydrogen) atoms. The van der Waals surface area contributed by atoms with Gasteiger partial charge in [-0.2, -0.15) is 0 Å². The first-order valence-electron chi connectivity index (χ1n) is 8.31. The molecule has 4 nitrogen and oxygen atoms in total. The Bertz CT molecular complexity index is 707. The number of benzene rings is 1. The van der Waals surface area contributed by atoms with E-state index in [4.69, 9.17) is 4.74 Å². The number of hydrogen-bond acceptors (Lipinski definition) is 4. The summed E-state index contributed by atoms with van der Waals surface area (Å²) in [6.45, 7) is 2.38. The highest BCUT2D eigenvalue weighted by molar-refractivity contribution is 5.95. The van der Waals surface area contributed by atoms with Gasteiger partial charge in [-0.05, 0) is 37.0 Å². The zero-order valence-electron chi connectivity index (χ0n) is 13.1. The van der Waals surface area contributed by atoms with E-state index in [0.29, 0.717) is 12.6 Å². The molecule has 0 bridgehead atoms. The van der Waals surface area contributed by atoms with Crippen LogP contribution in [0, 0.1) is 0 Å². The molecule has 0 radical (unpaired) electrons. The fraction of sp³-hybridized carbons (Fsp3) is 0.421. The number of aliphatic imine (C=N–C) groups is 1. The van der Waals surface area contributed by atoms with Crippen LogP contribution >= 0.6 is 0 Å². The van der Waals surface area contributed by atoms with Crippen LogP contribution in [-0.4, -0.2) is 42.5 Å². The zero-order chi connectivity index (χ0) is 15.6. The molecular weight excluding hydrogens is 288 g/mol. The molecule has 4 heteroatoms. The molecule has 1 saturated carbocycles. The Balaban J connectivity index is 1.48. The van der Waals surface area contributed by atoms with Crippen molar-refractivity contribution in [3.05, 3.63) is 46.7 Å². The monoisotopic (exact) mass is 308 g/mol. The molecule has 1 aromatic rings. The smallest absolute Gasteiger partial charge is 0.216 e. The van der Waals surface area contributed by atoms with Crippen LogP contribution in [0.2, 0.25) is 0 Å². The van der Waals surface area contributed by atoms with E-state index in [9.17, 15) is 4.79 Å². The topological polar surface area (TPSA) is 41.9 Å². The summed E-state index contributed by atoms with van der Waals surface area (Å²) >= 11 is 0. The lowest BCUT2D eigenvalue weighted by Crippen LogP contribution is -2.31. The highest BCUT2D eigenvalue weighted by Crippen LogP contribution is 2.35. The number of ether oxygens (including phenoxy) is 1. The standard InChI is InChI=1S/C19H20N2O2/c22-13-18-12-15(7-9-21(18)17-5-6-17)11-14-1-3-16(4-2-14)19-20-8-10-23-19/h1-4,11,17H,5-10,12H2. The predicted molar refractivity (Wildman–Crippen MR) is 89.9 cm³/mol. The van der Waals surface area contributed by atoms with Crippen molar-refractivity contribution in [3.63, 3.8) is 0 Å². The molecule has 0 spiro atoms. The van der Waals surface area contributed by atoms with Crippen LogP contribution in [0.5, 0.6) is 0 Å². The SMILES string of the molecule is O=C=C1CC(=Cc2ccc(C3=NCCO3)cc2)CCN1C1CC1. The van der Waals surface area contributed by atoms with Crippen molar-refractivity contribution in [2.24, 2.45) is 4.99 Å². The van der Waals surface area contributed by atoms with Crippen LogP contribution in [0.4, 0.5) is 0 Å². The molecule has 2 fully saturated rings. The van der Waals surface area contributed by atoms with Crippen LogP contribution in [0.25, 0.3) is 6.08 Å². The minimum absolute atomic E-state index is 0.597. The molecule has 0 unspecified atom stereocenters. The molecule has 1 saturated heterocycles. The number of carbonyl (C=O) groups excluding carboxylic acids is 1. The Morgan fingerprint density at radius 2 is 2.09 bits per heavy atom. The molecule has 0 amide bonds. The minimum atomic E-state index is 0.597. The van der Waals surface area contributed by atoms with Crippen molar-refractivity contribution >= 4 is 17.9 Å². The maximum Gasteiger partial charge on any atom is 0.216 e. The molecule has 1 aliphatic carbocycles. The van der Waals surface area contributed by atoms with Gasteiger partial charge in [-0.1, -0.05) is 23.8 Å². The van der Waals surface area contributed by atoms with Crippen LogP contribution < -0.4 is 0 Å². The van der Waals surface area contributed by atoms with Crippen LogP contribution in [0.3, 0.4) is 0 Å². The van der Waals surface area contributed by atoms with Gasteiger partial charge < -0.3 is 9.64 Å². The fourth-order valence-electron chi connectivity index (χ4n) is 3.28. The second kappa shape index (κ2) is 6.05. The summed E-state index contributed by atoms with van der Waals surface area (Å²) in [5, 5.41) is 0. The van der Waals surface area contributed by atoms with Crippen LogP contribution in [0.1, 0.15) is 36.8 Å². The lowest BCUT2D eigenvalue weighted by molar-refractivity contribution is 0.311. The van der Waals surface area contributed by atoms with Gasteiger partial charge in [0.2, 0.25) is 5.90 Å². The third kappa shape index (κ3) is 3.08. The van der Waals surface area contributed by atoms with E-state index in [0.717, 1.165) is 48.7 Å². The fourth-order valence-corrected chi connectivity index (χ4v) is 3.28. The number of piperidine rings is 1. The maximum absolute atomic E-state index is 11.2. The van der Waals surface area contributed by atoms with Gasteiger partial charge in [0.15, 0.2) is 0 Å². The Morgan fingerprint density at radius 3 is 2.74 bits per heavy atom. The van der Waals surface area contributed by atoms with Gasteiger partial charge in [-0.25, -0.2) is 9.79 Å². The predicted octanol–water partition coefficient (Wildman–Crippen LogP) is 2.82. The summed E-state index contributed by atoms with van der Waals surface area (Å²) in [6, 6.07) is 8.87. The summed E-state index contributed by atoms with van der Waals surface area (Å²) in [6.07, 6.45) is 6.40. The Labute approximate surface area is 136 Å². The van der Waals surface area contributed by atoms with Crippen molar-refractivity contribution in [2.75, 3.05) is 19.7 Å². The van der Waals surface area contributed by atoms with Gasteiger partial charge in [0.05, 0.1) is 6.54 Å². The molecule has 2 aliphatic heterocycles. The molecule has 1 aromatic carbocycles. The highest BCUT2D eigenvalue weighted by Gasteiger charge is 2.33. The average molecular weight is 308 g/mol. The molecule has 2 heterocycles. The third-order valence-electron chi connectivity index (χ3n) is 4.63. The number of nitrogens with zero attached hydrogens (tertiary/aromatic N) is 2. The number of likely N-dealkylation sites (tertiary alicyclic amines) is 1. The molecular formula is C19H20N2O2. The van der Waals surface area contributed by atoms with E-state index in [1.807, 2.05) is 12.1 Å². The summed E-state index contributed by atoms with van der Waals surface area (Å²) in [5.41, 5.74) is 4.33. The Hall–Kier alpha value is -2.32. The van der Waals surface area contributed by atoms with Gasteiger partial charge in [0.25, 0.3) is 0 Å². The normalized spacial score (nSPS) is 22.8. The van der Waals surface area contributed by atoms with Crippen molar-refractivity contribution < 1.29 is 9.53 Å². The highest BCUT2D eigenvalue weighted by atomic mass is 16.5. The number of hydrogen-bond donors (Lipinski definition) is 0. The van der Waals surface area contributed by atoms with E-state index in [1.54, 1.807) is 0 Å². The molecule has 0 aromatic heterocycles. The number of allylic oxidation sites excluding steroid dienone is 1. The zero-order valence-corrected chi connectivity index (χ0v) is 13.1. The van der Waals surface area contributed by atoms with E-state index in [1.165, 1.54) is 18.4 Å². The first-order valence-corrected chi connectivity index (χ1v) is 8.31. The van der Waals surface area contributed by atoms with Gasteiger partial charge in [-0.3, -0.25) is 0 Å². The van der Waals surface area contributed by atoms with E-state index >= 15 is 0 Å². The summed E-state index contributed by atoms with van der Waals surface area (Å²) in [5.74, 6) is 2.90. The minimum Gasteiger partial charge on any atom is -0.476 e.